The predicted octanol–water partition coefficient (Wildman–Crippen LogP) is 11.4. The molecule has 0 N–H and O–H groups in total. The summed E-state index contributed by atoms with van der Waals surface area (Å²) >= 11 is 0. The summed E-state index contributed by atoms with van der Waals surface area (Å²) in [5.74, 6) is 0. The Hall–Kier alpha value is -6.94. The molecule has 0 bridgehead atoms. The van der Waals surface area contributed by atoms with E-state index in [0.29, 0.717) is 22.1 Å². The van der Waals surface area contributed by atoms with Crippen molar-refractivity contribution < 1.29 is 21.3 Å². The number of hydrogen-bond donors (Lipinski definition) is 0. The van der Waals surface area contributed by atoms with Crippen LogP contribution in [0.4, 0.5) is 0 Å². The Bertz CT molecular complexity index is 3340. The van der Waals surface area contributed by atoms with Gasteiger partial charge in [0.15, 0.2) is 11.2 Å². The lowest BCUT2D eigenvalue weighted by atomic mass is 10.1. The lowest BCUT2D eigenvalue weighted by Gasteiger charge is -2.11. The predicted molar refractivity (Wildman–Crippen MR) is 226 cm³/mol. The van der Waals surface area contributed by atoms with E-state index in [1.165, 1.54) is 12.1 Å². The fraction of sp³-hybridized carbons (Fsp3) is 0. The Labute approximate surface area is 327 Å². The minimum atomic E-state index is -4.16. The van der Waals surface area contributed by atoms with Gasteiger partial charge in [0.25, 0.3) is 0 Å². The number of rotatable bonds is 6. The molecule has 0 fully saturated rings. The molecule has 3 heterocycles. The summed E-state index contributed by atoms with van der Waals surface area (Å²) in [6.07, 6.45) is 0. The van der Waals surface area contributed by atoms with Crippen LogP contribution >= 0.6 is 0 Å². The molecule has 11 rings (SSSR count). The SMILES string of the molecule is O=S(=O)(c1cccc(-n2c3ccccc3c3ccccc32)c1)c1cccc2c1oc1c(S(=O)(=O)c3cccc(-n4c5ccccc5c5ccccc54)c3)cccc12. The smallest absolute Gasteiger partial charge is 0.210 e. The number of sulfone groups is 2. The summed E-state index contributed by atoms with van der Waals surface area (Å²) < 4.78 is 69.0. The molecule has 3 aromatic heterocycles. The molecule has 0 spiro atoms. The second kappa shape index (κ2) is 12.3. The highest BCUT2D eigenvalue weighted by Crippen LogP contribution is 2.40. The van der Waals surface area contributed by atoms with Crippen LogP contribution in [0.15, 0.2) is 206 Å². The summed E-state index contributed by atoms with van der Waals surface area (Å²) in [5, 5.41) is 5.27. The fourth-order valence-corrected chi connectivity index (χ4v) is 11.3. The maximum atomic E-state index is 14.6. The number of hydrogen-bond acceptors (Lipinski definition) is 5. The minimum absolute atomic E-state index is 0.0488. The molecule has 0 saturated carbocycles. The molecule has 0 aliphatic heterocycles. The molecule has 274 valence electrons. The van der Waals surface area contributed by atoms with Gasteiger partial charge in [-0.1, -0.05) is 109 Å². The van der Waals surface area contributed by atoms with Crippen molar-refractivity contribution in [3.8, 4) is 11.4 Å². The van der Waals surface area contributed by atoms with Crippen molar-refractivity contribution >= 4 is 85.2 Å². The largest absolute Gasteiger partial charge is 0.453 e. The Morgan fingerprint density at radius 3 is 1.02 bits per heavy atom. The van der Waals surface area contributed by atoms with E-state index in [-0.39, 0.29) is 30.7 Å². The molecule has 0 aliphatic rings. The maximum Gasteiger partial charge on any atom is 0.210 e. The molecule has 0 atom stereocenters. The Kier molecular flexibility index (Phi) is 7.20. The molecule has 7 nitrogen and oxygen atoms in total. The monoisotopic (exact) mass is 778 g/mol. The van der Waals surface area contributed by atoms with Crippen LogP contribution in [0.25, 0.3) is 76.9 Å². The quantitative estimate of drug-likeness (QED) is 0.168. The van der Waals surface area contributed by atoms with Gasteiger partial charge in [-0.3, -0.25) is 0 Å². The van der Waals surface area contributed by atoms with Crippen LogP contribution in [0.1, 0.15) is 0 Å². The topological polar surface area (TPSA) is 91.3 Å². The first-order chi connectivity index (χ1) is 27.8. The normalized spacial score (nSPS) is 12.5. The van der Waals surface area contributed by atoms with Gasteiger partial charge in [0.1, 0.15) is 9.79 Å². The van der Waals surface area contributed by atoms with Gasteiger partial charge in [-0.2, -0.15) is 0 Å². The van der Waals surface area contributed by atoms with Gasteiger partial charge < -0.3 is 13.6 Å². The standard InChI is InChI=1S/C48H30N2O5S2/c51-56(52,33-15-9-13-31(29-33)49-41-23-5-1-17-35(41)36-18-2-6-24-42(36)49)45-27-11-21-39-40-22-12-28-46(48(40)55-47(39)45)57(53,54)34-16-10-14-32(30-34)50-43-25-7-3-19-37(43)38-20-4-8-26-44(38)50/h1-30H. The van der Waals surface area contributed by atoms with Gasteiger partial charge in [-0.05, 0) is 72.8 Å². The lowest BCUT2D eigenvalue weighted by molar-refractivity contribution is 0.589. The zero-order valence-corrected chi connectivity index (χ0v) is 31.7. The van der Waals surface area contributed by atoms with E-state index in [2.05, 4.69) is 33.4 Å². The van der Waals surface area contributed by atoms with Crippen molar-refractivity contribution in [1.29, 1.82) is 0 Å². The highest BCUT2D eigenvalue weighted by atomic mass is 32.2. The molecule has 57 heavy (non-hydrogen) atoms. The Balaban J connectivity index is 1.04. The third-order valence-electron chi connectivity index (χ3n) is 11.0. The minimum Gasteiger partial charge on any atom is -0.453 e. The maximum absolute atomic E-state index is 14.6. The van der Waals surface area contributed by atoms with Crippen molar-refractivity contribution in [2.45, 2.75) is 19.6 Å². The van der Waals surface area contributed by atoms with Crippen LogP contribution < -0.4 is 0 Å². The highest BCUT2D eigenvalue weighted by molar-refractivity contribution is 7.92. The van der Waals surface area contributed by atoms with Crippen LogP contribution in [-0.4, -0.2) is 26.0 Å². The van der Waals surface area contributed by atoms with Crippen molar-refractivity contribution in [2.75, 3.05) is 0 Å². The van der Waals surface area contributed by atoms with Gasteiger partial charge in [0.2, 0.25) is 19.7 Å². The average Bonchev–Trinajstić information content (AvgIpc) is 3.92. The van der Waals surface area contributed by atoms with Gasteiger partial charge in [0, 0.05) is 43.7 Å². The van der Waals surface area contributed by atoms with Crippen LogP contribution in [0.3, 0.4) is 0 Å². The number of aromatic nitrogens is 2. The van der Waals surface area contributed by atoms with Crippen LogP contribution in [0, 0.1) is 0 Å². The Morgan fingerprint density at radius 2 is 0.649 bits per heavy atom. The van der Waals surface area contributed by atoms with Crippen LogP contribution in [0.2, 0.25) is 0 Å². The zero-order chi connectivity index (χ0) is 38.5. The molecule has 11 aromatic rings. The van der Waals surface area contributed by atoms with Crippen molar-refractivity contribution in [2.24, 2.45) is 0 Å². The molecule has 0 unspecified atom stereocenters. The second-order valence-corrected chi connectivity index (χ2v) is 17.9. The zero-order valence-electron chi connectivity index (χ0n) is 30.1. The number of para-hydroxylation sites is 6. The van der Waals surface area contributed by atoms with E-state index in [9.17, 15) is 16.8 Å². The first-order valence-electron chi connectivity index (χ1n) is 18.4. The highest BCUT2D eigenvalue weighted by Gasteiger charge is 2.28. The van der Waals surface area contributed by atoms with Crippen molar-refractivity contribution in [3.63, 3.8) is 0 Å². The molecule has 0 aliphatic carbocycles. The molecular formula is C48H30N2O5S2. The first-order valence-corrected chi connectivity index (χ1v) is 21.4. The number of furan rings is 1. The summed E-state index contributed by atoms with van der Waals surface area (Å²) in [7, 11) is -8.32. The summed E-state index contributed by atoms with van der Waals surface area (Å²) in [6.45, 7) is 0. The van der Waals surface area contributed by atoms with Crippen molar-refractivity contribution in [1.82, 2.24) is 9.13 Å². The Morgan fingerprint density at radius 1 is 0.333 bits per heavy atom. The molecular weight excluding hydrogens is 749 g/mol. The third-order valence-corrected chi connectivity index (χ3v) is 14.5. The first kappa shape index (κ1) is 33.4. The summed E-state index contributed by atoms with van der Waals surface area (Å²) in [4.78, 5) is 0.0774. The molecule has 0 radical (unpaired) electrons. The van der Waals surface area contributed by atoms with E-state index in [0.717, 1.165) is 43.6 Å². The molecule has 9 heteroatoms. The van der Waals surface area contributed by atoms with Crippen molar-refractivity contribution in [3.05, 3.63) is 182 Å². The van der Waals surface area contributed by atoms with E-state index >= 15 is 0 Å². The number of benzene rings is 8. The van der Waals surface area contributed by atoms with Gasteiger partial charge in [-0.15, -0.1) is 0 Å². The van der Waals surface area contributed by atoms with E-state index in [1.807, 2.05) is 84.9 Å². The summed E-state index contributed by atoms with van der Waals surface area (Å²) in [6, 6.07) is 55.9. The summed E-state index contributed by atoms with van der Waals surface area (Å²) in [5.41, 5.74) is 5.42. The van der Waals surface area contributed by atoms with E-state index in [1.54, 1.807) is 60.7 Å². The van der Waals surface area contributed by atoms with E-state index in [4.69, 9.17) is 4.42 Å². The molecule has 8 aromatic carbocycles. The average molecular weight is 779 g/mol. The second-order valence-electron chi connectivity index (χ2n) is 14.1. The van der Waals surface area contributed by atoms with Gasteiger partial charge in [0.05, 0.1) is 31.9 Å². The fourth-order valence-electron chi connectivity index (χ4n) is 8.43. The van der Waals surface area contributed by atoms with Crippen LogP contribution in [0.5, 0.6) is 0 Å². The third kappa shape index (κ3) is 4.89. The van der Waals surface area contributed by atoms with Gasteiger partial charge >= 0.3 is 0 Å². The van der Waals surface area contributed by atoms with Crippen LogP contribution in [-0.2, 0) is 19.7 Å². The van der Waals surface area contributed by atoms with Gasteiger partial charge in [-0.25, -0.2) is 16.8 Å². The molecule has 0 amide bonds. The lowest BCUT2D eigenvalue weighted by Crippen LogP contribution is -2.04. The number of nitrogens with zero attached hydrogens (tertiary/aromatic N) is 2. The van der Waals surface area contributed by atoms with E-state index < -0.39 is 19.7 Å². The molecule has 0 saturated heterocycles. The number of fused-ring (bicyclic) bond motifs is 9.